The van der Waals surface area contributed by atoms with Gasteiger partial charge in [0.15, 0.2) is 0 Å². The Balaban J connectivity index is 2.18. The number of thioether (sulfide) groups is 1. The minimum atomic E-state index is -0.196. The van der Waals surface area contributed by atoms with E-state index in [0.717, 1.165) is 10.6 Å². The summed E-state index contributed by atoms with van der Waals surface area (Å²) < 4.78 is 17.9. The average Bonchev–Trinajstić information content (AvgIpc) is 2.18. The molecule has 4 heteroatoms. The van der Waals surface area contributed by atoms with Crippen molar-refractivity contribution in [3.05, 3.63) is 30.1 Å². The standard InChI is InChI=1S/C10H14FNOS/c11-9-2-1-3-10(8-9)14-7-6-13-5-4-12/h1-3,8H,4-7,12H2. The molecule has 0 fully saturated rings. The van der Waals surface area contributed by atoms with Crippen LogP contribution in [0.25, 0.3) is 0 Å². The summed E-state index contributed by atoms with van der Waals surface area (Å²) in [5, 5.41) is 0. The molecule has 2 nitrogen and oxygen atoms in total. The summed E-state index contributed by atoms with van der Waals surface area (Å²) in [6.45, 7) is 1.78. The van der Waals surface area contributed by atoms with E-state index < -0.39 is 0 Å². The molecule has 78 valence electrons. The third kappa shape index (κ3) is 4.60. The maximum Gasteiger partial charge on any atom is 0.124 e. The van der Waals surface area contributed by atoms with Gasteiger partial charge in [0.25, 0.3) is 0 Å². The lowest BCUT2D eigenvalue weighted by atomic mass is 10.4. The van der Waals surface area contributed by atoms with Gasteiger partial charge in [0.2, 0.25) is 0 Å². The Morgan fingerprint density at radius 3 is 2.93 bits per heavy atom. The zero-order valence-electron chi connectivity index (χ0n) is 7.91. The average molecular weight is 215 g/mol. The molecule has 1 aromatic rings. The summed E-state index contributed by atoms with van der Waals surface area (Å²) >= 11 is 1.58. The molecule has 0 aliphatic rings. The zero-order valence-corrected chi connectivity index (χ0v) is 8.73. The second kappa shape index (κ2) is 6.81. The Morgan fingerprint density at radius 1 is 1.36 bits per heavy atom. The van der Waals surface area contributed by atoms with Crippen LogP contribution in [0.1, 0.15) is 0 Å². The van der Waals surface area contributed by atoms with E-state index in [9.17, 15) is 4.39 Å². The summed E-state index contributed by atoms with van der Waals surface area (Å²) in [5.41, 5.74) is 5.26. The first kappa shape index (κ1) is 11.5. The molecule has 0 amide bonds. The molecular weight excluding hydrogens is 201 g/mol. The molecular formula is C10H14FNOS. The van der Waals surface area contributed by atoms with E-state index in [1.54, 1.807) is 17.8 Å². The predicted molar refractivity (Wildman–Crippen MR) is 57.0 cm³/mol. The molecule has 0 heterocycles. The molecule has 0 atom stereocenters. The molecule has 2 N–H and O–H groups in total. The van der Waals surface area contributed by atoms with Crippen molar-refractivity contribution in [1.29, 1.82) is 0 Å². The molecule has 0 aliphatic heterocycles. The summed E-state index contributed by atoms with van der Waals surface area (Å²) in [5.74, 6) is 0.626. The van der Waals surface area contributed by atoms with Crippen molar-refractivity contribution in [3.63, 3.8) is 0 Å². The highest BCUT2D eigenvalue weighted by atomic mass is 32.2. The second-order valence-electron chi connectivity index (χ2n) is 2.71. The first-order chi connectivity index (χ1) is 6.83. The van der Waals surface area contributed by atoms with Gasteiger partial charge in [-0.25, -0.2) is 4.39 Å². The fourth-order valence-electron chi connectivity index (χ4n) is 0.961. The number of rotatable bonds is 6. The first-order valence-corrected chi connectivity index (χ1v) is 5.47. The van der Waals surface area contributed by atoms with Gasteiger partial charge in [-0.1, -0.05) is 6.07 Å². The lowest BCUT2D eigenvalue weighted by Gasteiger charge is -2.02. The molecule has 0 spiro atoms. The van der Waals surface area contributed by atoms with Crippen LogP contribution in [-0.2, 0) is 4.74 Å². The van der Waals surface area contributed by atoms with Gasteiger partial charge in [-0.3, -0.25) is 0 Å². The van der Waals surface area contributed by atoms with Gasteiger partial charge in [0.05, 0.1) is 13.2 Å². The smallest absolute Gasteiger partial charge is 0.124 e. The largest absolute Gasteiger partial charge is 0.379 e. The van der Waals surface area contributed by atoms with Crippen LogP contribution >= 0.6 is 11.8 Å². The van der Waals surface area contributed by atoms with Crippen molar-refractivity contribution < 1.29 is 9.13 Å². The van der Waals surface area contributed by atoms with Crippen molar-refractivity contribution in [2.24, 2.45) is 5.73 Å². The number of halogens is 1. The van der Waals surface area contributed by atoms with E-state index in [1.165, 1.54) is 12.1 Å². The van der Waals surface area contributed by atoms with Crippen LogP contribution in [0.3, 0.4) is 0 Å². The summed E-state index contributed by atoms with van der Waals surface area (Å²) in [7, 11) is 0. The number of hydrogen-bond donors (Lipinski definition) is 1. The number of ether oxygens (including phenoxy) is 1. The fourth-order valence-corrected chi connectivity index (χ4v) is 1.77. The van der Waals surface area contributed by atoms with Gasteiger partial charge in [-0.05, 0) is 18.2 Å². The maximum atomic E-state index is 12.7. The van der Waals surface area contributed by atoms with Crippen molar-refractivity contribution in [3.8, 4) is 0 Å². The quantitative estimate of drug-likeness (QED) is 0.581. The summed E-state index contributed by atoms with van der Waals surface area (Å²) in [4.78, 5) is 0.932. The summed E-state index contributed by atoms with van der Waals surface area (Å²) in [6, 6.07) is 6.55. The Kier molecular flexibility index (Phi) is 5.59. The van der Waals surface area contributed by atoms with Crippen LogP contribution in [0.5, 0.6) is 0 Å². The minimum Gasteiger partial charge on any atom is -0.379 e. The van der Waals surface area contributed by atoms with E-state index >= 15 is 0 Å². The van der Waals surface area contributed by atoms with Gasteiger partial charge in [-0.15, -0.1) is 11.8 Å². The van der Waals surface area contributed by atoms with Gasteiger partial charge >= 0.3 is 0 Å². The lowest BCUT2D eigenvalue weighted by molar-refractivity contribution is 0.158. The molecule has 0 saturated carbocycles. The van der Waals surface area contributed by atoms with Crippen LogP contribution in [-0.4, -0.2) is 25.5 Å². The Morgan fingerprint density at radius 2 is 2.21 bits per heavy atom. The van der Waals surface area contributed by atoms with E-state index in [0.29, 0.717) is 19.8 Å². The van der Waals surface area contributed by atoms with Crippen LogP contribution in [0.2, 0.25) is 0 Å². The minimum absolute atomic E-state index is 0.196. The number of benzene rings is 1. The molecule has 0 aliphatic carbocycles. The van der Waals surface area contributed by atoms with E-state index in [2.05, 4.69) is 0 Å². The molecule has 1 rings (SSSR count). The van der Waals surface area contributed by atoms with Crippen LogP contribution in [0.4, 0.5) is 4.39 Å². The number of hydrogen-bond acceptors (Lipinski definition) is 3. The molecule has 1 aromatic carbocycles. The van der Waals surface area contributed by atoms with Crippen molar-refractivity contribution in [2.45, 2.75) is 4.90 Å². The van der Waals surface area contributed by atoms with Crippen LogP contribution < -0.4 is 5.73 Å². The van der Waals surface area contributed by atoms with Crippen LogP contribution in [0.15, 0.2) is 29.2 Å². The summed E-state index contributed by atoms with van der Waals surface area (Å²) in [6.07, 6.45) is 0. The van der Waals surface area contributed by atoms with Crippen LogP contribution in [0, 0.1) is 5.82 Å². The molecule has 0 aromatic heterocycles. The first-order valence-electron chi connectivity index (χ1n) is 4.49. The predicted octanol–water partition coefficient (Wildman–Crippen LogP) is 1.89. The molecule has 0 radical (unpaired) electrons. The normalized spacial score (nSPS) is 10.4. The van der Waals surface area contributed by atoms with E-state index in [-0.39, 0.29) is 5.82 Å². The van der Waals surface area contributed by atoms with Gasteiger partial charge in [0.1, 0.15) is 5.82 Å². The Hall–Kier alpha value is -0.580. The van der Waals surface area contributed by atoms with E-state index in [1.807, 2.05) is 6.07 Å². The Bertz CT molecular complexity index is 270. The zero-order chi connectivity index (χ0) is 10.2. The Labute approximate surface area is 87.6 Å². The van der Waals surface area contributed by atoms with Gasteiger partial charge in [-0.2, -0.15) is 0 Å². The maximum absolute atomic E-state index is 12.7. The fraction of sp³-hybridized carbons (Fsp3) is 0.400. The van der Waals surface area contributed by atoms with Gasteiger partial charge < -0.3 is 10.5 Å². The number of nitrogens with two attached hydrogens (primary N) is 1. The van der Waals surface area contributed by atoms with Gasteiger partial charge in [0, 0.05) is 17.2 Å². The highest BCUT2D eigenvalue weighted by molar-refractivity contribution is 7.99. The lowest BCUT2D eigenvalue weighted by Crippen LogP contribution is -2.09. The molecule has 0 bridgehead atoms. The molecule has 14 heavy (non-hydrogen) atoms. The highest BCUT2D eigenvalue weighted by Gasteiger charge is 1.95. The van der Waals surface area contributed by atoms with Crippen molar-refractivity contribution >= 4 is 11.8 Å². The molecule has 0 unspecified atom stereocenters. The monoisotopic (exact) mass is 215 g/mol. The topological polar surface area (TPSA) is 35.2 Å². The highest BCUT2D eigenvalue weighted by Crippen LogP contribution is 2.17. The van der Waals surface area contributed by atoms with Crippen molar-refractivity contribution in [1.82, 2.24) is 0 Å². The SMILES string of the molecule is NCCOCCSc1cccc(F)c1. The third-order valence-corrected chi connectivity index (χ3v) is 2.51. The van der Waals surface area contributed by atoms with E-state index in [4.69, 9.17) is 10.5 Å². The van der Waals surface area contributed by atoms with Crippen molar-refractivity contribution in [2.75, 3.05) is 25.5 Å². The third-order valence-electron chi connectivity index (χ3n) is 1.55. The molecule has 0 saturated heterocycles. The second-order valence-corrected chi connectivity index (χ2v) is 3.88.